The molecule has 1 unspecified atom stereocenters. The lowest BCUT2D eigenvalue weighted by Crippen LogP contribution is -2.37. The van der Waals surface area contributed by atoms with Crippen LogP contribution < -0.4 is 5.32 Å². The average Bonchev–Trinajstić information content (AvgIpc) is 3.07. The summed E-state index contributed by atoms with van der Waals surface area (Å²) in [5.74, 6) is 0.953. The number of hydrogen-bond acceptors (Lipinski definition) is 3. The van der Waals surface area contributed by atoms with Gasteiger partial charge in [0.05, 0.1) is 0 Å². The maximum atomic E-state index is 3.63. The number of likely N-dealkylation sites (N-methyl/N-ethyl adjacent to an activating group) is 1. The molecule has 1 aliphatic carbocycles. The minimum absolute atomic E-state index is 0.631. The molecule has 1 aromatic rings. The van der Waals surface area contributed by atoms with E-state index in [0.29, 0.717) is 6.04 Å². The Kier molecular flexibility index (Phi) is 6.35. The summed E-state index contributed by atoms with van der Waals surface area (Å²) in [5, 5.41) is 5.80. The zero-order chi connectivity index (χ0) is 13.5. The van der Waals surface area contributed by atoms with Crippen LogP contribution in [-0.2, 0) is 6.42 Å². The molecule has 1 atom stereocenters. The van der Waals surface area contributed by atoms with Crippen LogP contribution in [-0.4, -0.2) is 37.6 Å². The first-order valence-corrected chi connectivity index (χ1v) is 8.57. The maximum Gasteiger partial charge on any atom is 0.0113 e. The summed E-state index contributed by atoms with van der Waals surface area (Å²) in [6.45, 7) is 5.84. The second kappa shape index (κ2) is 8.03. The highest BCUT2D eigenvalue weighted by molar-refractivity contribution is 7.09. The monoisotopic (exact) mass is 280 g/mol. The molecule has 1 aliphatic rings. The lowest BCUT2D eigenvalue weighted by Gasteiger charge is -2.24. The fraction of sp³-hybridized carbons (Fsp3) is 0.750. The summed E-state index contributed by atoms with van der Waals surface area (Å²) in [7, 11) is 2.25. The molecular formula is C16H28N2S. The highest BCUT2D eigenvalue weighted by atomic mass is 32.1. The highest BCUT2D eigenvalue weighted by Crippen LogP contribution is 2.23. The van der Waals surface area contributed by atoms with E-state index in [0.717, 1.165) is 19.0 Å². The van der Waals surface area contributed by atoms with Crippen LogP contribution in [0.1, 0.15) is 37.5 Å². The molecule has 19 heavy (non-hydrogen) atoms. The zero-order valence-electron chi connectivity index (χ0n) is 12.4. The summed E-state index contributed by atoms with van der Waals surface area (Å²) in [6.07, 6.45) is 6.96. The van der Waals surface area contributed by atoms with Crippen LogP contribution in [0.4, 0.5) is 0 Å². The predicted molar refractivity (Wildman–Crippen MR) is 84.9 cm³/mol. The Balaban J connectivity index is 1.56. The molecule has 0 radical (unpaired) electrons. The normalized spacial score (nSPS) is 18.3. The minimum Gasteiger partial charge on any atom is -0.315 e. The fourth-order valence-corrected chi connectivity index (χ4v) is 3.70. The SMILES string of the molecule is CC(Cc1cccs1)N(C)CCNCC1CCCC1. The summed E-state index contributed by atoms with van der Waals surface area (Å²) in [5.41, 5.74) is 0. The van der Waals surface area contributed by atoms with Crippen molar-refractivity contribution in [1.82, 2.24) is 10.2 Å². The number of thiophene rings is 1. The topological polar surface area (TPSA) is 15.3 Å². The van der Waals surface area contributed by atoms with Gasteiger partial charge in [-0.15, -0.1) is 11.3 Å². The van der Waals surface area contributed by atoms with Gasteiger partial charge in [-0.2, -0.15) is 0 Å². The van der Waals surface area contributed by atoms with Gasteiger partial charge in [0.15, 0.2) is 0 Å². The smallest absolute Gasteiger partial charge is 0.0113 e. The van der Waals surface area contributed by atoms with E-state index < -0.39 is 0 Å². The first-order chi connectivity index (χ1) is 9.25. The second-order valence-corrected chi connectivity index (χ2v) is 7.00. The van der Waals surface area contributed by atoms with Crippen LogP contribution >= 0.6 is 11.3 Å². The van der Waals surface area contributed by atoms with Crippen LogP contribution in [0.25, 0.3) is 0 Å². The molecule has 1 N–H and O–H groups in total. The van der Waals surface area contributed by atoms with E-state index in [2.05, 4.69) is 41.7 Å². The van der Waals surface area contributed by atoms with Crippen molar-refractivity contribution in [2.75, 3.05) is 26.7 Å². The molecule has 1 saturated carbocycles. The molecule has 3 heteroatoms. The highest BCUT2D eigenvalue weighted by Gasteiger charge is 2.14. The van der Waals surface area contributed by atoms with Gasteiger partial charge in [-0.3, -0.25) is 0 Å². The van der Waals surface area contributed by atoms with Gasteiger partial charge in [0.1, 0.15) is 0 Å². The van der Waals surface area contributed by atoms with Crippen molar-refractivity contribution in [3.8, 4) is 0 Å². The first kappa shape index (κ1) is 15.0. The predicted octanol–water partition coefficient (Wildman–Crippen LogP) is 3.39. The van der Waals surface area contributed by atoms with Gasteiger partial charge < -0.3 is 10.2 Å². The Hall–Kier alpha value is -0.380. The number of hydrogen-bond donors (Lipinski definition) is 1. The standard InChI is InChI=1S/C16H28N2S/c1-14(12-16-8-5-11-19-16)18(2)10-9-17-13-15-6-3-4-7-15/h5,8,11,14-15,17H,3-4,6-7,9-10,12-13H2,1-2H3. The molecule has 2 rings (SSSR count). The van der Waals surface area contributed by atoms with Crippen LogP contribution in [0, 0.1) is 5.92 Å². The Labute approximate surface area is 122 Å². The fourth-order valence-electron chi connectivity index (χ4n) is 2.87. The maximum absolute atomic E-state index is 3.63. The molecule has 1 heterocycles. The Bertz CT molecular complexity index is 331. The molecular weight excluding hydrogens is 252 g/mol. The van der Waals surface area contributed by atoms with E-state index in [4.69, 9.17) is 0 Å². The van der Waals surface area contributed by atoms with Crippen molar-refractivity contribution < 1.29 is 0 Å². The Morgan fingerprint density at radius 1 is 1.42 bits per heavy atom. The van der Waals surface area contributed by atoms with Crippen molar-refractivity contribution in [2.45, 2.75) is 45.1 Å². The third-order valence-electron chi connectivity index (χ3n) is 4.38. The van der Waals surface area contributed by atoms with Crippen molar-refractivity contribution in [2.24, 2.45) is 5.92 Å². The molecule has 1 aromatic heterocycles. The minimum atomic E-state index is 0.631. The van der Waals surface area contributed by atoms with E-state index in [1.165, 1.54) is 43.5 Å². The number of nitrogens with zero attached hydrogens (tertiary/aromatic N) is 1. The summed E-state index contributed by atoms with van der Waals surface area (Å²) in [4.78, 5) is 3.97. The summed E-state index contributed by atoms with van der Waals surface area (Å²) in [6, 6.07) is 5.02. The van der Waals surface area contributed by atoms with Gasteiger partial charge in [-0.25, -0.2) is 0 Å². The number of rotatable bonds is 8. The number of nitrogens with one attached hydrogen (secondary N) is 1. The Morgan fingerprint density at radius 3 is 2.89 bits per heavy atom. The van der Waals surface area contributed by atoms with Gasteiger partial charge in [0.25, 0.3) is 0 Å². The van der Waals surface area contributed by atoms with Gasteiger partial charge >= 0.3 is 0 Å². The third kappa shape index (κ3) is 5.25. The first-order valence-electron chi connectivity index (χ1n) is 7.69. The molecule has 0 spiro atoms. The molecule has 0 amide bonds. The van der Waals surface area contributed by atoms with E-state index in [-0.39, 0.29) is 0 Å². The van der Waals surface area contributed by atoms with E-state index >= 15 is 0 Å². The summed E-state index contributed by atoms with van der Waals surface area (Å²) >= 11 is 1.87. The van der Waals surface area contributed by atoms with E-state index in [1.54, 1.807) is 0 Å². The summed E-state index contributed by atoms with van der Waals surface area (Å²) < 4.78 is 0. The Morgan fingerprint density at radius 2 is 2.21 bits per heavy atom. The van der Waals surface area contributed by atoms with Crippen molar-refractivity contribution in [3.63, 3.8) is 0 Å². The lowest BCUT2D eigenvalue weighted by atomic mass is 10.1. The third-order valence-corrected chi connectivity index (χ3v) is 5.28. The molecule has 0 saturated heterocycles. The molecule has 1 fully saturated rings. The molecule has 0 bridgehead atoms. The quantitative estimate of drug-likeness (QED) is 0.734. The average molecular weight is 280 g/mol. The van der Waals surface area contributed by atoms with Crippen LogP contribution in [0.2, 0.25) is 0 Å². The van der Waals surface area contributed by atoms with Gasteiger partial charge in [-0.1, -0.05) is 18.9 Å². The van der Waals surface area contributed by atoms with Crippen molar-refractivity contribution in [3.05, 3.63) is 22.4 Å². The lowest BCUT2D eigenvalue weighted by molar-refractivity contribution is 0.255. The zero-order valence-corrected chi connectivity index (χ0v) is 13.2. The van der Waals surface area contributed by atoms with E-state index in [9.17, 15) is 0 Å². The van der Waals surface area contributed by atoms with Crippen LogP contribution in [0.15, 0.2) is 17.5 Å². The largest absolute Gasteiger partial charge is 0.315 e. The second-order valence-electron chi connectivity index (χ2n) is 5.97. The molecule has 108 valence electrons. The van der Waals surface area contributed by atoms with Gasteiger partial charge in [0.2, 0.25) is 0 Å². The molecule has 0 aromatic carbocycles. The van der Waals surface area contributed by atoms with Crippen molar-refractivity contribution in [1.29, 1.82) is 0 Å². The van der Waals surface area contributed by atoms with Gasteiger partial charge in [0, 0.05) is 24.0 Å². The molecule has 0 aliphatic heterocycles. The van der Waals surface area contributed by atoms with Crippen LogP contribution in [0.5, 0.6) is 0 Å². The van der Waals surface area contributed by atoms with Gasteiger partial charge in [-0.05, 0) is 57.1 Å². The van der Waals surface area contributed by atoms with Crippen LogP contribution in [0.3, 0.4) is 0 Å². The van der Waals surface area contributed by atoms with Crippen molar-refractivity contribution >= 4 is 11.3 Å². The molecule has 2 nitrogen and oxygen atoms in total. The van der Waals surface area contributed by atoms with E-state index in [1.807, 2.05) is 11.3 Å².